The molecule has 1 N–H and O–H groups in total. The van der Waals surface area contributed by atoms with Gasteiger partial charge in [0.1, 0.15) is 17.7 Å². The third-order valence-corrected chi connectivity index (χ3v) is 4.53. The molecule has 0 radical (unpaired) electrons. The summed E-state index contributed by atoms with van der Waals surface area (Å²) in [5.41, 5.74) is 3.24. The molecule has 0 amide bonds. The summed E-state index contributed by atoms with van der Waals surface area (Å²) < 4.78 is 14.5. The molecule has 2 heterocycles. The predicted molar refractivity (Wildman–Crippen MR) is 97.4 cm³/mol. The summed E-state index contributed by atoms with van der Waals surface area (Å²) in [6.45, 7) is 1.83. The number of anilines is 1. The van der Waals surface area contributed by atoms with Crippen molar-refractivity contribution in [2.45, 2.75) is 12.8 Å². The van der Waals surface area contributed by atoms with Gasteiger partial charge in [0.05, 0.1) is 16.6 Å². The average Bonchev–Trinajstić information content (AvgIpc) is 3.30. The molecule has 0 saturated carbocycles. The fourth-order valence-corrected chi connectivity index (χ4v) is 3.28. The summed E-state index contributed by atoms with van der Waals surface area (Å²) in [4.78, 5) is 9.76. The van der Waals surface area contributed by atoms with E-state index in [0.717, 1.165) is 42.7 Å². The van der Waals surface area contributed by atoms with Crippen molar-refractivity contribution < 1.29 is 4.39 Å². The van der Waals surface area contributed by atoms with Crippen LogP contribution in [0.25, 0.3) is 22.7 Å². The minimum atomic E-state index is -0.326. The minimum Gasteiger partial charge on any atom is -0.371 e. The van der Waals surface area contributed by atoms with Gasteiger partial charge in [-0.2, -0.15) is 5.26 Å². The molecule has 25 heavy (non-hydrogen) atoms. The molecule has 124 valence electrons. The quantitative estimate of drug-likeness (QED) is 0.725. The van der Waals surface area contributed by atoms with E-state index in [9.17, 15) is 9.65 Å². The van der Waals surface area contributed by atoms with Crippen molar-refractivity contribution in [1.29, 1.82) is 5.26 Å². The fraction of sp³-hybridized carbons (Fsp3) is 0.200. The van der Waals surface area contributed by atoms with Crippen LogP contribution < -0.4 is 4.90 Å². The molecule has 4 rings (SSSR count). The van der Waals surface area contributed by atoms with Crippen molar-refractivity contribution in [3.8, 4) is 6.07 Å². The Kier molecular flexibility index (Phi) is 3.95. The van der Waals surface area contributed by atoms with E-state index in [-0.39, 0.29) is 5.82 Å². The normalized spacial score (nSPS) is 14.9. The number of halogens is 1. The van der Waals surface area contributed by atoms with Gasteiger partial charge in [0.25, 0.3) is 0 Å². The van der Waals surface area contributed by atoms with Gasteiger partial charge in [0, 0.05) is 24.3 Å². The number of rotatable bonds is 3. The zero-order valence-electron chi connectivity index (χ0n) is 13.7. The smallest absolute Gasteiger partial charge is 0.149 e. The van der Waals surface area contributed by atoms with E-state index in [1.807, 2.05) is 30.3 Å². The first-order chi connectivity index (χ1) is 12.3. The molecule has 0 unspecified atom stereocenters. The molecule has 0 spiro atoms. The highest BCUT2D eigenvalue weighted by atomic mass is 19.1. The number of fused-ring (bicyclic) bond motifs is 1. The van der Waals surface area contributed by atoms with Crippen LogP contribution in [-0.2, 0) is 0 Å². The van der Waals surface area contributed by atoms with Crippen LogP contribution in [0, 0.1) is 17.1 Å². The van der Waals surface area contributed by atoms with Crippen LogP contribution in [0.5, 0.6) is 0 Å². The Morgan fingerprint density at radius 2 is 1.96 bits per heavy atom. The van der Waals surface area contributed by atoms with Gasteiger partial charge in [-0.1, -0.05) is 18.2 Å². The largest absolute Gasteiger partial charge is 0.371 e. The van der Waals surface area contributed by atoms with Gasteiger partial charge in [-0.05, 0) is 43.2 Å². The fourth-order valence-electron chi connectivity index (χ4n) is 3.28. The number of benzene rings is 2. The second-order valence-corrected chi connectivity index (χ2v) is 6.14. The Hall–Kier alpha value is -3.13. The van der Waals surface area contributed by atoms with E-state index in [1.54, 1.807) is 12.1 Å². The highest BCUT2D eigenvalue weighted by Gasteiger charge is 2.18. The maximum absolute atomic E-state index is 14.5. The van der Waals surface area contributed by atoms with Crippen LogP contribution in [0.15, 0.2) is 42.5 Å². The molecule has 1 aliphatic heterocycles. The topological polar surface area (TPSA) is 55.7 Å². The number of imidazole rings is 1. The van der Waals surface area contributed by atoms with Crippen molar-refractivity contribution in [1.82, 2.24) is 9.97 Å². The Labute approximate surface area is 145 Å². The summed E-state index contributed by atoms with van der Waals surface area (Å²) in [5, 5.41) is 9.60. The van der Waals surface area contributed by atoms with Gasteiger partial charge in [-0.3, -0.25) is 0 Å². The summed E-state index contributed by atoms with van der Waals surface area (Å²) in [6, 6.07) is 14.8. The maximum Gasteiger partial charge on any atom is 0.149 e. The van der Waals surface area contributed by atoms with Gasteiger partial charge in [0.2, 0.25) is 0 Å². The first-order valence-corrected chi connectivity index (χ1v) is 8.36. The molecule has 5 heteroatoms. The van der Waals surface area contributed by atoms with Crippen molar-refractivity contribution in [2.24, 2.45) is 0 Å². The lowest BCUT2D eigenvalue weighted by Crippen LogP contribution is -2.19. The predicted octanol–water partition coefficient (Wildman–Crippen LogP) is 4.37. The number of nitrogens with zero attached hydrogens (tertiary/aromatic N) is 3. The molecule has 0 aliphatic carbocycles. The number of allylic oxidation sites excluding steroid dienone is 1. The summed E-state index contributed by atoms with van der Waals surface area (Å²) in [7, 11) is 0. The number of hydrogen-bond donors (Lipinski definition) is 1. The SMILES string of the molecule is N#C/C(=C\c1c(F)cccc1N1CCCC1)c1nc2ccccc2[nH]1. The molecule has 1 saturated heterocycles. The lowest BCUT2D eigenvalue weighted by atomic mass is 10.1. The van der Waals surface area contributed by atoms with Crippen LogP contribution >= 0.6 is 0 Å². The van der Waals surface area contributed by atoms with E-state index in [4.69, 9.17) is 0 Å². The highest BCUT2D eigenvalue weighted by Crippen LogP contribution is 2.30. The first-order valence-electron chi connectivity index (χ1n) is 8.36. The summed E-state index contributed by atoms with van der Waals surface area (Å²) >= 11 is 0. The Bertz CT molecular complexity index is 957. The number of nitriles is 1. The molecule has 0 bridgehead atoms. The van der Waals surface area contributed by atoms with E-state index in [1.165, 1.54) is 6.07 Å². The molecular weight excluding hydrogens is 315 g/mol. The molecule has 3 aromatic rings. The Balaban J connectivity index is 1.81. The van der Waals surface area contributed by atoms with E-state index in [2.05, 4.69) is 20.9 Å². The van der Waals surface area contributed by atoms with Gasteiger partial charge < -0.3 is 9.88 Å². The molecule has 0 atom stereocenters. The monoisotopic (exact) mass is 332 g/mol. The van der Waals surface area contributed by atoms with Gasteiger partial charge in [-0.25, -0.2) is 9.37 Å². The molecule has 1 fully saturated rings. The zero-order chi connectivity index (χ0) is 17.2. The number of nitrogens with one attached hydrogen (secondary N) is 1. The van der Waals surface area contributed by atoms with Crippen molar-refractivity contribution in [3.05, 3.63) is 59.7 Å². The maximum atomic E-state index is 14.5. The Morgan fingerprint density at radius 3 is 2.72 bits per heavy atom. The zero-order valence-corrected chi connectivity index (χ0v) is 13.7. The third kappa shape index (κ3) is 2.87. The second-order valence-electron chi connectivity index (χ2n) is 6.14. The van der Waals surface area contributed by atoms with Gasteiger partial charge in [-0.15, -0.1) is 0 Å². The minimum absolute atomic E-state index is 0.321. The van der Waals surface area contributed by atoms with Crippen molar-refractivity contribution in [2.75, 3.05) is 18.0 Å². The summed E-state index contributed by atoms with van der Waals surface area (Å²) in [6.07, 6.45) is 3.81. The van der Waals surface area contributed by atoms with E-state index in [0.29, 0.717) is 17.0 Å². The molecule has 2 aromatic carbocycles. The number of hydrogen-bond acceptors (Lipinski definition) is 3. The first kappa shape index (κ1) is 15.4. The second kappa shape index (κ2) is 6.40. The number of aromatic nitrogens is 2. The average molecular weight is 332 g/mol. The summed E-state index contributed by atoms with van der Waals surface area (Å²) in [5.74, 6) is 0.132. The van der Waals surface area contributed by atoms with E-state index < -0.39 is 0 Å². The number of para-hydroxylation sites is 2. The van der Waals surface area contributed by atoms with Gasteiger partial charge >= 0.3 is 0 Å². The van der Waals surface area contributed by atoms with Crippen LogP contribution in [0.2, 0.25) is 0 Å². The molecular formula is C20H17FN4. The van der Waals surface area contributed by atoms with Crippen molar-refractivity contribution >= 4 is 28.4 Å². The van der Waals surface area contributed by atoms with Gasteiger partial charge in [0.15, 0.2) is 0 Å². The van der Waals surface area contributed by atoms with Crippen LogP contribution in [0.1, 0.15) is 24.2 Å². The number of aromatic amines is 1. The lowest BCUT2D eigenvalue weighted by molar-refractivity contribution is 0.624. The molecule has 1 aliphatic rings. The Morgan fingerprint density at radius 1 is 1.16 bits per heavy atom. The van der Waals surface area contributed by atoms with Crippen molar-refractivity contribution in [3.63, 3.8) is 0 Å². The van der Waals surface area contributed by atoms with Crippen LogP contribution in [0.4, 0.5) is 10.1 Å². The number of H-pyrrole nitrogens is 1. The molecule has 4 nitrogen and oxygen atoms in total. The molecule has 1 aromatic heterocycles. The standard InChI is InChI=1S/C20H17FN4/c21-16-6-5-9-19(25-10-3-4-11-25)15(16)12-14(13-22)20-23-17-7-1-2-8-18(17)24-20/h1-2,5-9,12H,3-4,10-11H2,(H,23,24)/b14-12+. The third-order valence-electron chi connectivity index (χ3n) is 4.53. The van der Waals surface area contributed by atoms with Crippen LogP contribution in [0.3, 0.4) is 0 Å². The lowest BCUT2D eigenvalue weighted by Gasteiger charge is -2.20. The van der Waals surface area contributed by atoms with Crippen LogP contribution in [-0.4, -0.2) is 23.1 Å². The highest BCUT2D eigenvalue weighted by molar-refractivity contribution is 5.92. The van der Waals surface area contributed by atoms with E-state index >= 15 is 0 Å².